The molecule has 0 saturated heterocycles. The fourth-order valence-corrected chi connectivity index (χ4v) is 4.70. The third-order valence-corrected chi connectivity index (χ3v) is 6.24. The molecule has 1 aliphatic carbocycles. The molecular weight excluding hydrogens is 427 g/mol. The van der Waals surface area contributed by atoms with Crippen LogP contribution in [-0.2, 0) is 6.54 Å². The van der Waals surface area contributed by atoms with Gasteiger partial charge in [-0.05, 0) is 19.8 Å². The highest BCUT2D eigenvalue weighted by molar-refractivity contribution is 5.99. The Morgan fingerprint density at radius 2 is 1.75 bits per heavy atom. The Morgan fingerprint density at radius 3 is 2.38 bits per heavy atom. The predicted octanol–water partition coefficient (Wildman–Crippen LogP) is 2.86. The molecule has 2 N–H and O–H groups in total. The van der Waals surface area contributed by atoms with E-state index in [1.54, 1.807) is 4.90 Å². The average molecular weight is 449 g/mol. The zero-order valence-electron chi connectivity index (χ0n) is 17.3. The number of likely N-dealkylation sites (N-methyl/N-ethyl adjacent to an activating group) is 1. The fourth-order valence-electron chi connectivity index (χ4n) is 4.70. The molecule has 2 heterocycles. The van der Waals surface area contributed by atoms with E-state index in [1.165, 1.54) is 10.8 Å². The second kappa shape index (κ2) is 8.33. The highest BCUT2D eigenvalue weighted by atomic mass is 19.1. The van der Waals surface area contributed by atoms with Gasteiger partial charge in [0.1, 0.15) is 23.0 Å². The lowest BCUT2D eigenvalue weighted by atomic mass is 9.86. The summed E-state index contributed by atoms with van der Waals surface area (Å²) in [6.07, 6.45) is 4.54. The number of carbonyl (C=O) groups excluding carboxylic acids is 2. The third kappa shape index (κ3) is 3.53. The van der Waals surface area contributed by atoms with Crippen LogP contribution in [0.5, 0.6) is 5.75 Å². The van der Waals surface area contributed by atoms with Crippen LogP contribution in [0, 0.1) is 17.5 Å². The lowest BCUT2D eigenvalue weighted by Gasteiger charge is -2.45. The van der Waals surface area contributed by atoms with E-state index < -0.39 is 58.1 Å². The van der Waals surface area contributed by atoms with E-state index in [0.29, 0.717) is 25.1 Å². The van der Waals surface area contributed by atoms with E-state index >= 15 is 0 Å². The van der Waals surface area contributed by atoms with Crippen molar-refractivity contribution < 1.29 is 27.9 Å². The molecule has 2 amide bonds. The summed E-state index contributed by atoms with van der Waals surface area (Å²) >= 11 is 0. The molecular formula is C22H22F3N3O4. The van der Waals surface area contributed by atoms with Crippen molar-refractivity contribution in [2.24, 2.45) is 0 Å². The summed E-state index contributed by atoms with van der Waals surface area (Å²) < 4.78 is 42.3. The van der Waals surface area contributed by atoms with E-state index in [0.717, 1.165) is 19.3 Å². The largest absolute Gasteiger partial charge is 0.503 e. The molecule has 1 aliphatic heterocycles. The summed E-state index contributed by atoms with van der Waals surface area (Å²) in [6.45, 7) is 1.61. The summed E-state index contributed by atoms with van der Waals surface area (Å²) in [6, 6.07) is 0.646. The molecule has 1 aromatic heterocycles. The summed E-state index contributed by atoms with van der Waals surface area (Å²) in [5, 5.41) is 12.8. The molecule has 10 heteroatoms. The first kappa shape index (κ1) is 21.9. The second-order valence-corrected chi connectivity index (χ2v) is 8.02. The summed E-state index contributed by atoms with van der Waals surface area (Å²) in [7, 11) is 0. The van der Waals surface area contributed by atoms with Gasteiger partial charge in [0.05, 0.1) is 12.1 Å². The summed E-state index contributed by atoms with van der Waals surface area (Å²) in [5.74, 6) is -5.73. The molecule has 0 spiro atoms. The fraction of sp³-hybridized carbons (Fsp3) is 0.409. The number of hydrogen-bond donors (Lipinski definition) is 2. The number of fused-ring (bicyclic) bond motifs is 3. The number of amides is 2. The summed E-state index contributed by atoms with van der Waals surface area (Å²) in [4.78, 5) is 40.0. The van der Waals surface area contributed by atoms with Crippen LogP contribution in [-0.4, -0.2) is 39.0 Å². The number of pyridine rings is 1. The quantitative estimate of drug-likeness (QED) is 0.751. The Bertz CT molecular complexity index is 1140. The van der Waals surface area contributed by atoms with Gasteiger partial charge in [-0.15, -0.1) is 0 Å². The number of hydrogen-bond acceptors (Lipinski definition) is 4. The maximum Gasteiger partial charge on any atom is 0.274 e. The molecule has 4 rings (SSSR count). The van der Waals surface area contributed by atoms with E-state index in [2.05, 4.69) is 5.32 Å². The molecule has 1 aromatic carbocycles. The molecule has 0 bridgehead atoms. The lowest BCUT2D eigenvalue weighted by molar-refractivity contribution is 0.0442. The SMILES string of the molecule is CCN1C(=O)c2c(O)c(=O)c(C(=O)NCc3c(F)cc(F)cc3F)cn2C2CCCCC21. The van der Waals surface area contributed by atoms with Gasteiger partial charge in [-0.1, -0.05) is 12.8 Å². The van der Waals surface area contributed by atoms with Gasteiger partial charge in [-0.25, -0.2) is 13.2 Å². The lowest BCUT2D eigenvalue weighted by Crippen LogP contribution is -2.52. The van der Waals surface area contributed by atoms with E-state index in [9.17, 15) is 32.7 Å². The maximum atomic E-state index is 13.9. The first-order chi connectivity index (χ1) is 15.2. The van der Waals surface area contributed by atoms with Gasteiger partial charge in [0.15, 0.2) is 11.4 Å². The predicted molar refractivity (Wildman–Crippen MR) is 108 cm³/mol. The van der Waals surface area contributed by atoms with Crippen LogP contribution < -0.4 is 10.7 Å². The third-order valence-electron chi connectivity index (χ3n) is 6.24. The second-order valence-electron chi connectivity index (χ2n) is 8.02. The van der Waals surface area contributed by atoms with E-state index in [1.807, 2.05) is 6.92 Å². The van der Waals surface area contributed by atoms with Crippen LogP contribution in [0.2, 0.25) is 0 Å². The number of aromatic hydroxyl groups is 1. The van der Waals surface area contributed by atoms with Crippen LogP contribution in [0.1, 0.15) is 65.1 Å². The van der Waals surface area contributed by atoms with Crippen LogP contribution in [0.15, 0.2) is 23.1 Å². The highest BCUT2D eigenvalue weighted by Gasteiger charge is 2.42. The van der Waals surface area contributed by atoms with Crippen molar-refractivity contribution in [3.05, 3.63) is 62.8 Å². The van der Waals surface area contributed by atoms with Crippen LogP contribution >= 0.6 is 0 Å². The van der Waals surface area contributed by atoms with E-state index in [-0.39, 0.29) is 17.8 Å². The molecule has 2 aromatic rings. The van der Waals surface area contributed by atoms with Gasteiger partial charge in [0, 0.05) is 37.0 Å². The number of rotatable bonds is 4. The number of halogens is 3. The first-order valence-corrected chi connectivity index (χ1v) is 10.4. The van der Waals surface area contributed by atoms with Crippen molar-refractivity contribution in [3.63, 3.8) is 0 Å². The molecule has 170 valence electrons. The van der Waals surface area contributed by atoms with Gasteiger partial charge >= 0.3 is 0 Å². The molecule has 2 aliphatic rings. The van der Waals surface area contributed by atoms with Crippen molar-refractivity contribution in [2.75, 3.05) is 6.54 Å². The van der Waals surface area contributed by atoms with Gasteiger partial charge in [0.2, 0.25) is 5.43 Å². The number of nitrogens with one attached hydrogen (secondary N) is 1. The topological polar surface area (TPSA) is 91.6 Å². The van der Waals surface area contributed by atoms with Crippen LogP contribution in [0.4, 0.5) is 13.2 Å². The Labute approximate surface area is 181 Å². The van der Waals surface area contributed by atoms with Crippen molar-refractivity contribution in [1.29, 1.82) is 0 Å². The zero-order valence-corrected chi connectivity index (χ0v) is 17.3. The monoisotopic (exact) mass is 449 g/mol. The number of nitrogens with zero attached hydrogens (tertiary/aromatic N) is 2. The van der Waals surface area contributed by atoms with Crippen molar-refractivity contribution in [3.8, 4) is 5.75 Å². The number of aromatic nitrogens is 1. The Balaban J connectivity index is 1.70. The Morgan fingerprint density at radius 1 is 1.12 bits per heavy atom. The minimum Gasteiger partial charge on any atom is -0.503 e. The molecule has 2 atom stereocenters. The van der Waals surface area contributed by atoms with Gasteiger partial charge in [-0.3, -0.25) is 14.4 Å². The van der Waals surface area contributed by atoms with Gasteiger partial charge in [-0.2, -0.15) is 0 Å². The molecule has 32 heavy (non-hydrogen) atoms. The minimum absolute atomic E-state index is 0.117. The van der Waals surface area contributed by atoms with Crippen molar-refractivity contribution >= 4 is 11.8 Å². The van der Waals surface area contributed by atoms with E-state index in [4.69, 9.17) is 0 Å². The van der Waals surface area contributed by atoms with Gasteiger partial charge in [0.25, 0.3) is 11.8 Å². The number of carbonyl (C=O) groups is 2. The normalized spacial score (nSPS) is 20.0. The van der Waals surface area contributed by atoms with Gasteiger partial charge < -0.3 is 19.9 Å². The molecule has 1 fully saturated rings. The Hall–Kier alpha value is -3.30. The summed E-state index contributed by atoms with van der Waals surface area (Å²) in [5.41, 5.74) is -2.22. The zero-order chi connectivity index (χ0) is 23.2. The first-order valence-electron chi connectivity index (χ1n) is 10.4. The van der Waals surface area contributed by atoms with Crippen LogP contribution in [0.3, 0.4) is 0 Å². The molecule has 7 nitrogen and oxygen atoms in total. The highest BCUT2D eigenvalue weighted by Crippen LogP contribution is 2.39. The Kier molecular flexibility index (Phi) is 5.70. The number of benzene rings is 1. The smallest absolute Gasteiger partial charge is 0.274 e. The van der Waals surface area contributed by atoms with Crippen LogP contribution in [0.25, 0.3) is 0 Å². The molecule has 0 radical (unpaired) electrons. The minimum atomic E-state index is -1.18. The molecule has 2 unspecified atom stereocenters. The van der Waals surface area contributed by atoms with Crippen molar-refractivity contribution in [2.45, 2.75) is 51.2 Å². The molecule has 1 saturated carbocycles. The average Bonchev–Trinajstić information content (AvgIpc) is 2.75. The standard InChI is InChI=1S/C22H22F3N3O4/c1-2-27-16-5-3-4-6-17(16)28-10-13(19(29)20(30)18(28)22(27)32)21(31)26-9-12-14(24)7-11(23)8-15(12)25/h7-8,10,16-17,30H,2-6,9H2,1H3,(H,26,31). The maximum absolute atomic E-state index is 13.9. The van der Waals surface area contributed by atoms with Crippen molar-refractivity contribution in [1.82, 2.24) is 14.8 Å².